The van der Waals surface area contributed by atoms with E-state index in [0.29, 0.717) is 21.0 Å². The van der Waals surface area contributed by atoms with Gasteiger partial charge in [0.25, 0.3) is 5.91 Å². The second kappa shape index (κ2) is 10.2. The molecule has 3 aliphatic rings. The summed E-state index contributed by atoms with van der Waals surface area (Å²) in [6.07, 6.45) is 4.99. The lowest BCUT2D eigenvalue weighted by Gasteiger charge is -2.26. The van der Waals surface area contributed by atoms with Crippen molar-refractivity contribution in [3.05, 3.63) is 51.8 Å². The topological polar surface area (TPSA) is 103 Å². The van der Waals surface area contributed by atoms with E-state index in [2.05, 4.69) is 10.1 Å². The molecule has 9 nitrogen and oxygen atoms in total. The molecule has 0 radical (unpaired) electrons. The molecule has 37 heavy (non-hydrogen) atoms. The number of carbonyl (C=O) groups excluding carboxylic acids is 2. The minimum atomic E-state index is -0.507. The summed E-state index contributed by atoms with van der Waals surface area (Å²) in [5, 5.41) is 15.9. The molecule has 1 saturated heterocycles. The summed E-state index contributed by atoms with van der Waals surface area (Å²) < 4.78 is 7.53. The van der Waals surface area contributed by atoms with E-state index in [9.17, 15) is 9.59 Å². The van der Waals surface area contributed by atoms with Gasteiger partial charge >= 0.3 is 0 Å². The first kappa shape index (κ1) is 25.3. The first-order valence-corrected chi connectivity index (χ1v) is 13.3. The molecule has 0 aliphatic carbocycles. The number of amides is 2. The van der Waals surface area contributed by atoms with Crippen molar-refractivity contribution in [3.63, 3.8) is 0 Å². The number of benzene rings is 1. The highest BCUT2D eigenvalue weighted by molar-refractivity contribution is 8.27. The number of hydrogen-bond acceptors (Lipinski definition) is 6. The summed E-state index contributed by atoms with van der Waals surface area (Å²) in [7, 11) is 1.60. The summed E-state index contributed by atoms with van der Waals surface area (Å²) in [6, 6.07) is 7.33. The number of nitrogens with one attached hydrogen (secondary N) is 1. The Morgan fingerprint density at radius 3 is 2.70 bits per heavy atom. The Labute approximate surface area is 224 Å². The molecule has 0 bridgehead atoms. The molecule has 1 aromatic heterocycles. The largest absolute Gasteiger partial charge is 0.495 e. The second-order valence-corrected chi connectivity index (χ2v) is 10.6. The monoisotopic (exact) mass is 538 g/mol. The maximum Gasteiger partial charge on any atom is 0.283 e. The summed E-state index contributed by atoms with van der Waals surface area (Å²) in [5.41, 5.74) is 3.45. The Morgan fingerprint density at radius 1 is 1.22 bits per heavy atom. The molecule has 0 unspecified atom stereocenters. The summed E-state index contributed by atoms with van der Waals surface area (Å²) in [4.78, 5) is 31.7. The van der Waals surface area contributed by atoms with Crippen LogP contribution in [-0.4, -0.2) is 62.5 Å². The number of rotatable bonds is 5. The van der Waals surface area contributed by atoms with Gasteiger partial charge in [0.15, 0.2) is 5.84 Å². The fraction of sp³-hybridized carbons (Fsp3) is 0.346. The molecule has 5 rings (SSSR count). The van der Waals surface area contributed by atoms with E-state index in [1.807, 2.05) is 41.5 Å². The fourth-order valence-corrected chi connectivity index (χ4v) is 5.83. The number of ether oxygens (including phenoxy) is 1. The lowest BCUT2D eigenvalue weighted by Crippen LogP contribution is -2.36. The van der Waals surface area contributed by atoms with Crippen LogP contribution in [0.25, 0.3) is 11.8 Å². The average molecular weight is 539 g/mol. The van der Waals surface area contributed by atoms with Crippen LogP contribution in [0.2, 0.25) is 5.02 Å². The van der Waals surface area contributed by atoms with Crippen LogP contribution in [0.3, 0.4) is 0 Å². The number of amidine groups is 2. The van der Waals surface area contributed by atoms with Crippen molar-refractivity contribution in [1.82, 2.24) is 14.5 Å². The SMILES string of the molecule is COc1ccc(Cl)cc1-n1c(C)cc(C=C2C(=N)N3N=C(CC(=O)N4CCCCC4)SC3=NC2=O)c1C. The molecule has 1 fully saturated rings. The van der Waals surface area contributed by atoms with Crippen molar-refractivity contribution >= 4 is 57.3 Å². The van der Waals surface area contributed by atoms with Gasteiger partial charge in [-0.2, -0.15) is 15.1 Å². The third-order valence-corrected chi connectivity index (χ3v) is 7.80. The molecule has 0 saturated carbocycles. The van der Waals surface area contributed by atoms with Crippen LogP contribution in [0.5, 0.6) is 5.75 Å². The van der Waals surface area contributed by atoms with Crippen LogP contribution in [0.4, 0.5) is 0 Å². The summed E-state index contributed by atoms with van der Waals surface area (Å²) >= 11 is 7.43. The van der Waals surface area contributed by atoms with Gasteiger partial charge in [-0.05, 0) is 80.8 Å². The number of piperidine rings is 1. The zero-order valence-corrected chi connectivity index (χ0v) is 22.4. The number of likely N-dealkylation sites (tertiary alicyclic amines) is 1. The second-order valence-electron chi connectivity index (χ2n) is 9.11. The number of methoxy groups -OCH3 is 1. The Balaban J connectivity index is 1.42. The first-order chi connectivity index (χ1) is 17.8. The van der Waals surface area contributed by atoms with Gasteiger partial charge in [-0.15, -0.1) is 0 Å². The zero-order valence-electron chi connectivity index (χ0n) is 20.9. The third kappa shape index (κ3) is 4.83. The number of aryl methyl sites for hydroxylation is 1. The highest BCUT2D eigenvalue weighted by Gasteiger charge is 2.36. The predicted molar refractivity (Wildman–Crippen MR) is 147 cm³/mol. The number of fused-ring (bicyclic) bond motifs is 1. The standard InChI is InChI=1S/C26H27ClN6O3S/c1-15-11-17(16(2)32(15)20-13-18(27)7-8-21(20)36-3)12-19-24(28)33-26(29-25(19)35)37-22(30-33)14-23(34)31-9-5-4-6-10-31/h7-8,11-13,28H,4-6,9-10,14H2,1-3H3. The van der Waals surface area contributed by atoms with Gasteiger partial charge in [0, 0.05) is 29.5 Å². The van der Waals surface area contributed by atoms with Gasteiger partial charge in [-0.3, -0.25) is 15.0 Å². The molecular formula is C26H27ClN6O3S. The molecule has 0 spiro atoms. The average Bonchev–Trinajstić information content (AvgIpc) is 3.41. The van der Waals surface area contributed by atoms with E-state index in [0.717, 1.165) is 55.0 Å². The molecule has 192 valence electrons. The Morgan fingerprint density at radius 2 is 1.97 bits per heavy atom. The minimum Gasteiger partial charge on any atom is -0.495 e. The minimum absolute atomic E-state index is 0.0175. The predicted octanol–water partition coefficient (Wildman–Crippen LogP) is 4.78. The fourth-order valence-electron chi connectivity index (χ4n) is 4.79. The van der Waals surface area contributed by atoms with Crippen molar-refractivity contribution in [1.29, 1.82) is 5.41 Å². The first-order valence-electron chi connectivity index (χ1n) is 12.1. The lowest BCUT2D eigenvalue weighted by atomic mass is 10.1. The van der Waals surface area contributed by atoms with Crippen molar-refractivity contribution in [2.75, 3.05) is 20.2 Å². The third-order valence-electron chi connectivity index (χ3n) is 6.66. The smallest absolute Gasteiger partial charge is 0.283 e. The highest BCUT2D eigenvalue weighted by atomic mass is 35.5. The highest BCUT2D eigenvalue weighted by Crippen LogP contribution is 2.33. The van der Waals surface area contributed by atoms with Crippen LogP contribution in [0.15, 0.2) is 39.9 Å². The van der Waals surface area contributed by atoms with Crippen LogP contribution in [0.1, 0.15) is 42.6 Å². The van der Waals surface area contributed by atoms with E-state index in [1.54, 1.807) is 19.3 Å². The van der Waals surface area contributed by atoms with Crippen LogP contribution >= 0.6 is 23.4 Å². The molecule has 11 heteroatoms. The molecule has 2 amide bonds. The number of aromatic nitrogens is 1. The Bertz CT molecular complexity index is 1400. The quantitative estimate of drug-likeness (QED) is 0.552. The number of thioether (sulfide) groups is 1. The molecule has 2 aromatic rings. The Hall–Kier alpha value is -3.37. The van der Waals surface area contributed by atoms with Crippen LogP contribution in [-0.2, 0) is 9.59 Å². The summed E-state index contributed by atoms with van der Waals surface area (Å²) in [6.45, 7) is 5.41. The normalized spacial score (nSPS) is 18.8. The molecular weight excluding hydrogens is 512 g/mol. The zero-order chi connectivity index (χ0) is 26.3. The number of carbonyl (C=O) groups is 2. The van der Waals surface area contributed by atoms with Gasteiger partial charge in [0.2, 0.25) is 11.1 Å². The number of nitrogens with zero attached hydrogens (tertiary/aromatic N) is 5. The van der Waals surface area contributed by atoms with E-state index in [1.165, 1.54) is 16.8 Å². The van der Waals surface area contributed by atoms with Gasteiger partial charge < -0.3 is 14.2 Å². The molecule has 4 heterocycles. The van der Waals surface area contributed by atoms with Gasteiger partial charge in [0.1, 0.15) is 10.8 Å². The van der Waals surface area contributed by atoms with Crippen LogP contribution in [0, 0.1) is 19.3 Å². The molecule has 3 aliphatic heterocycles. The number of hydrazone groups is 1. The number of hydrogen-bond donors (Lipinski definition) is 1. The van der Waals surface area contributed by atoms with Gasteiger partial charge in [-0.25, -0.2) is 0 Å². The van der Waals surface area contributed by atoms with Crippen molar-refractivity contribution < 1.29 is 14.3 Å². The Kier molecular flexibility index (Phi) is 6.96. The van der Waals surface area contributed by atoms with Crippen molar-refractivity contribution in [2.45, 2.75) is 39.5 Å². The number of halogens is 1. The van der Waals surface area contributed by atoms with Gasteiger partial charge in [0.05, 0.1) is 24.8 Å². The van der Waals surface area contributed by atoms with Crippen molar-refractivity contribution in [2.24, 2.45) is 10.1 Å². The lowest BCUT2D eigenvalue weighted by molar-refractivity contribution is -0.130. The summed E-state index contributed by atoms with van der Waals surface area (Å²) in [5.74, 6) is 0.112. The maximum absolute atomic E-state index is 12.9. The molecule has 0 atom stereocenters. The van der Waals surface area contributed by atoms with E-state index >= 15 is 0 Å². The van der Waals surface area contributed by atoms with Crippen molar-refractivity contribution in [3.8, 4) is 11.4 Å². The van der Waals surface area contributed by atoms with Crippen LogP contribution < -0.4 is 4.74 Å². The molecule has 1 N–H and O–H groups in total. The number of aliphatic imine (C=N–C) groups is 1. The van der Waals surface area contributed by atoms with E-state index in [-0.39, 0.29) is 23.7 Å². The maximum atomic E-state index is 12.9. The van der Waals surface area contributed by atoms with E-state index < -0.39 is 5.91 Å². The van der Waals surface area contributed by atoms with Gasteiger partial charge in [-0.1, -0.05) is 11.6 Å². The van der Waals surface area contributed by atoms with E-state index in [4.69, 9.17) is 21.7 Å². The molecule has 1 aromatic carbocycles.